The average Bonchev–Trinajstić information content (AvgIpc) is 2.39. The first-order chi connectivity index (χ1) is 9.02. The van der Waals surface area contributed by atoms with Gasteiger partial charge in [0.1, 0.15) is 0 Å². The van der Waals surface area contributed by atoms with E-state index in [2.05, 4.69) is 11.4 Å². The van der Waals surface area contributed by atoms with Crippen molar-refractivity contribution in [1.29, 1.82) is 5.26 Å². The maximum absolute atomic E-state index is 12.7. The fourth-order valence-corrected chi connectivity index (χ4v) is 2.25. The lowest BCUT2D eigenvalue weighted by Gasteiger charge is -2.37. The zero-order valence-electron chi connectivity index (χ0n) is 10.2. The van der Waals surface area contributed by atoms with Crippen LogP contribution in [-0.2, 0) is 6.18 Å². The molecule has 0 bridgehead atoms. The summed E-state index contributed by atoms with van der Waals surface area (Å²) in [4.78, 5) is 1.87. The van der Waals surface area contributed by atoms with Gasteiger partial charge in [-0.3, -0.25) is 0 Å². The number of benzene rings is 1. The Morgan fingerprint density at radius 1 is 1.42 bits per heavy atom. The minimum absolute atomic E-state index is 0.0813. The fourth-order valence-electron chi connectivity index (χ4n) is 2.25. The summed E-state index contributed by atoms with van der Waals surface area (Å²) < 4.78 is 38.1. The molecule has 3 nitrogen and oxygen atoms in total. The van der Waals surface area contributed by atoms with Crippen molar-refractivity contribution < 1.29 is 13.2 Å². The van der Waals surface area contributed by atoms with Gasteiger partial charge in [-0.1, -0.05) is 6.07 Å². The van der Waals surface area contributed by atoms with Crippen LogP contribution in [0, 0.1) is 11.3 Å². The molecule has 6 heteroatoms. The second-order valence-corrected chi connectivity index (χ2v) is 4.46. The molecule has 1 unspecified atom stereocenters. The van der Waals surface area contributed by atoms with Gasteiger partial charge in [-0.05, 0) is 18.2 Å². The molecule has 1 aromatic rings. The van der Waals surface area contributed by atoms with Crippen LogP contribution >= 0.6 is 0 Å². The molecule has 1 N–H and O–H groups in total. The molecule has 0 aromatic heterocycles. The molecule has 1 atom stereocenters. The molecule has 1 aliphatic rings. The van der Waals surface area contributed by atoms with Gasteiger partial charge in [0, 0.05) is 25.3 Å². The standard InChI is InChI=1S/C13H14F3N3/c14-13(15,16)10-2-1-3-11(8-10)19-7-6-18-9-12(19)4-5-17/h1-3,8,12,18H,4,6-7,9H2. The molecule has 1 fully saturated rings. The van der Waals surface area contributed by atoms with Crippen molar-refractivity contribution >= 4 is 5.69 Å². The number of piperazine rings is 1. The van der Waals surface area contributed by atoms with Crippen LogP contribution in [-0.4, -0.2) is 25.7 Å². The summed E-state index contributed by atoms with van der Waals surface area (Å²) in [6.07, 6.45) is -4.04. The fraction of sp³-hybridized carbons (Fsp3) is 0.462. The SMILES string of the molecule is N#CCC1CNCCN1c1cccc(C(F)(F)F)c1. The lowest BCUT2D eigenvalue weighted by atomic mass is 10.1. The highest BCUT2D eigenvalue weighted by Crippen LogP contribution is 2.32. The van der Waals surface area contributed by atoms with Gasteiger partial charge < -0.3 is 10.2 Å². The number of nitriles is 1. The maximum atomic E-state index is 12.7. The van der Waals surface area contributed by atoms with E-state index in [1.807, 2.05) is 4.90 Å². The van der Waals surface area contributed by atoms with E-state index >= 15 is 0 Å². The second-order valence-electron chi connectivity index (χ2n) is 4.46. The first kappa shape index (κ1) is 13.7. The topological polar surface area (TPSA) is 39.1 Å². The average molecular weight is 269 g/mol. The van der Waals surface area contributed by atoms with Crippen molar-refractivity contribution in [1.82, 2.24) is 5.32 Å². The molecule has 1 aliphatic heterocycles. The van der Waals surface area contributed by atoms with Crippen LogP contribution in [0.3, 0.4) is 0 Å². The molecule has 19 heavy (non-hydrogen) atoms. The summed E-state index contributed by atoms with van der Waals surface area (Å²) in [5.74, 6) is 0. The van der Waals surface area contributed by atoms with Gasteiger partial charge in [0.05, 0.1) is 24.1 Å². The van der Waals surface area contributed by atoms with Crippen LogP contribution in [0.15, 0.2) is 24.3 Å². The van der Waals surface area contributed by atoms with Crippen LogP contribution < -0.4 is 10.2 Å². The third-order valence-corrected chi connectivity index (χ3v) is 3.18. The largest absolute Gasteiger partial charge is 0.416 e. The van der Waals surface area contributed by atoms with Gasteiger partial charge in [-0.15, -0.1) is 0 Å². The van der Waals surface area contributed by atoms with E-state index in [-0.39, 0.29) is 6.04 Å². The molecule has 0 aliphatic carbocycles. The van der Waals surface area contributed by atoms with Gasteiger partial charge in [-0.2, -0.15) is 18.4 Å². The summed E-state index contributed by atoms with van der Waals surface area (Å²) in [6, 6.07) is 7.27. The Kier molecular flexibility index (Phi) is 3.96. The molecule has 102 valence electrons. The molecule has 0 saturated carbocycles. The highest BCUT2D eigenvalue weighted by Gasteiger charge is 2.31. The minimum atomic E-state index is -4.34. The van der Waals surface area contributed by atoms with E-state index in [0.717, 1.165) is 12.1 Å². The van der Waals surface area contributed by atoms with Crippen molar-refractivity contribution in [2.75, 3.05) is 24.5 Å². The number of hydrogen-bond donors (Lipinski definition) is 1. The Bertz CT molecular complexity index is 479. The van der Waals surface area contributed by atoms with Crippen molar-refractivity contribution in [2.24, 2.45) is 0 Å². The predicted molar refractivity (Wildman–Crippen MR) is 65.7 cm³/mol. The smallest absolute Gasteiger partial charge is 0.365 e. The molecular formula is C13H14F3N3. The molecule has 0 amide bonds. The quantitative estimate of drug-likeness (QED) is 0.896. The third kappa shape index (κ3) is 3.18. The molecule has 0 spiro atoms. The van der Waals surface area contributed by atoms with Crippen molar-refractivity contribution in [2.45, 2.75) is 18.6 Å². The van der Waals surface area contributed by atoms with Gasteiger partial charge >= 0.3 is 6.18 Å². The van der Waals surface area contributed by atoms with Crippen LogP contribution in [0.1, 0.15) is 12.0 Å². The Hall–Kier alpha value is -1.74. The lowest BCUT2D eigenvalue weighted by molar-refractivity contribution is -0.137. The third-order valence-electron chi connectivity index (χ3n) is 3.18. The summed E-state index contributed by atoms with van der Waals surface area (Å²) >= 11 is 0. The number of alkyl halides is 3. The van der Waals surface area contributed by atoms with Crippen LogP contribution in [0.4, 0.5) is 18.9 Å². The van der Waals surface area contributed by atoms with E-state index < -0.39 is 11.7 Å². The second kappa shape index (κ2) is 5.49. The number of anilines is 1. The van der Waals surface area contributed by atoms with Crippen molar-refractivity contribution in [3.63, 3.8) is 0 Å². The zero-order chi connectivity index (χ0) is 13.9. The first-order valence-electron chi connectivity index (χ1n) is 6.04. The lowest BCUT2D eigenvalue weighted by Crippen LogP contribution is -2.51. The van der Waals surface area contributed by atoms with E-state index in [1.54, 1.807) is 6.07 Å². The van der Waals surface area contributed by atoms with E-state index in [9.17, 15) is 13.2 Å². The Balaban J connectivity index is 2.27. The number of rotatable bonds is 2. The monoisotopic (exact) mass is 269 g/mol. The summed E-state index contributed by atoms with van der Waals surface area (Å²) in [5.41, 5.74) is -0.129. The predicted octanol–water partition coefficient (Wildman–Crippen LogP) is 2.40. The van der Waals surface area contributed by atoms with E-state index in [0.29, 0.717) is 31.7 Å². The van der Waals surface area contributed by atoms with Crippen LogP contribution in [0.2, 0.25) is 0 Å². The normalized spacial score (nSPS) is 20.1. The van der Waals surface area contributed by atoms with Gasteiger partial charge in [0.25, 0.3) is 0 Å². The van der Waals surface area contributed by atoms with E-state index in [1.165, 1.54) is 6.07 Å². The number of halogens is 3. The van der Waals surface area contributed by atoms with Crippen LogP contribution in [0.25, 0.3) is 0 Å². The summed E-state index contributed by atoms with van der Waals surface area (Å²) in [6.45, 7) is 1.93. The van der Waals surface area contributed by atoms with Gasteiger partial charge in [-0.25, -0.2) is 0 Å². The molecule has 1 aromatic carbocycles. The molecule has 1 saturated heterocycles. The molecule has 0 radical (unpaired) electrons. The van der Waals surface area contributed by atoms with Crippen molar-refractivity contribution in [3.05, 3.63) is 29.8 Å². The number of nitrogens with one attached hydrogen (secondary N) is 1. The summed E-state index contributed by atoms with van der Waals surface area (Å²) in [7, 11) is 0. The highest BCUT2D eigenvalue weighted by molar-refractivity contribution is 5.51. The Morgan fingerprint density at radius 2 is 2.21 bits per heavy atom. The van der Waals surface area contributed by atoms with Gasteiger partial charge in [0.15, 0.2) is 0 Å². The van der Waals surface area contributed by atoms with Crippen LogP contribution in [0.5, 0.6) is 0 Å². The number of nitrogens with zero attached hydrogens (tertiary/aromatic N) is 2. The molecule has 2 rings (SSSR count). The Morgan fingerprint density at radius 3 is 2.89 bits per heavy atom. The minimum Gasteiger partial charge on any atom is -0.365 e. The number of hydrogen-bond acceptors (Lipinski definition) is 3. The highest BCUT2D eigenvalue weighted by atomic mass is 19.4. The zero-order valence-corrected chi connectivity index (χ0v) is 10.2. The summed E-state index contributed by atoms with van der Waals surface area (Å²) in [5, 5.41) is 11.9. The van der Waals surface area contributed by atoms with Crippen molar-refractivity contribution in [3.8, 4) is 6.07 Å². The maximum Gasteiger partial charge on any atom is 0.416 e. The molecular weight excluding hydrogens is 255 g/mol. The van der Waals surface area contributed by atoms with Gasteiger partial charge in [0.2, 0.25) is 0 Å². The first-order valence-corrected chi connectivity index (χ1v) is 6.04. The van der Waals surface area contributed by atoms with E-state index in [4.69, 9.17) is 5.26 Å². The molecule has 1 heterocycles. The Labute approximate surface area is 109 Å².